The SMILES string of the molecule is NCC(=O)N1CCCC(Oc2ccccc2N)C1. The highest BCUT2D eigenvalue weighted by atomic mass is 16.5. The van der Waals surface area contributed by atoms with Crippen LogP contribution in [0.5, 0.6) is 5.75 Å². The summed E-state index contributed by atoms with van der Waals surface area (Å²) in [5.74, 6) is 0.661. The van der Waals surface area contributed by atoms with Crippen LogP contribution >= 0.6 is 0 Å². The average Bonchev–Trinajstić information content (AvgIpc) is 2.41. The highest BCUT2D eigenvalue weighted by Crippen LogP contribution is 2.24. The number of benzene rings is 1. The Labute approximate surface area is 107 Å². The highest BCUT2D eigenvalue weighted by Gasteiger charge is 2.24. The van der Waals surface area contributed by atoms with Crippen molar-refractivity contribution in [2.24, 2.45) is 5.73 Å². The largest absolute Gasteiger partial charge is 0.486 e. The number of piperidine rings is 1. The van der Waals surface area contributed by atoms with Crippen molar-refractivity contribution < 1.29 is 9.53 Å². The third-order valence-electron chi connectivity index (χ3n) is 3.12. The maximum absolute atomic E-state index is 11.6. The molecule has 0 saturated carbocycles. The van der Waals surface area contributed by atoms with Crippen LogP contribution in [-0.4, -0.2) is 36.5 Å². The van der Waals surface area contributed by atoms with Crippen LogP contribution < -0.4 is 16.2 Å². The molecule has 5 heteroatoms. The van der Waals surface area contributed by atoms with Gasteiger partial charge in [-0.05, 0) is 25.0 Å². The normalized spacial score (nSPS) is 19.6. The second-order valence-corrected chi connectivity index (χ2v) is 4.46. The first-order valence-electron chi connectivity index (χ1n) is 6.19. The number of anilines is 1. The maximum Gasteiger partial charge on any atom is 0.236 e. The number of nitrogen functional groups attached to an aromatic ring is 1. The third kappa shape index (κ3) is 2.92. The Morgan fingerprint density at radius 3 is 2.94 bits per heavy atom. The lowest BCUT2D eigenvalue weighted by atomic mass is 10.1. The Kier molecular flexibility index (Phi) is 4.04. The molecular weight excluding hydrogens is 230 g/mol. The van der Waals surface area contributed by atoms with Gasteiger partial charge in [-0.15, -0.1) is 0 Å². The van der Waals surface area contributed by atoms with E-state index in [4.69, 9.17) is 16.2 Å². The van der Waals surface area contributed by atoms with E-state index in [9.17, 15) is 4.79 Å². The minimum absolute atomic E-state index is 0.000972. The molecule has 4 N–H and O–H groups in total. The number of para-hydroxylation sites is 2. The molecule has 1 heterocycles. The number of hydrogen-bond donors (Lipinski definition) is 2. The number of carbonyl (C=O) groups is 1. The molecule has 0 bridgehead atoms. The van der Waals surface area contributed by atoms with E-state index in [2.05, 4.69) is 0 Å². The van der Waals surface area contributed by atoms with E-state index < -0.39 is 0 Å². The maximum atomic E-state index is 11.6. The molecule has 98 valence electrons. The number of nitrogens with zero attached hydrogens (tertiary/aromatic N) is 1. The van der Waals surface area contributed by atoms with Crippen molar-refractivity contribution in [1.82, 2.24) is 4.90 Å². The average molecular weight is 249 g/mol. The summed E-state index contributed by atoms with van der Waals surface area (Å²) in [5.41, 5.74) is 11.8. The van der Waals surface area contributed by atoms with Gasteiger partial charge in [-0.2, -0.15) is 0 Å². The van der Waals surface area contributed by atoms with Gasteiger partial charge in [0.15, 0.2) is 0 Å². The smallest absolute Gasteiger partial charge is 0.236 e. The fraction of sp³-hybridized carbons (Fsp3) is 0.462. The first-order valence-corrected chi connectivity index (χ1v) is 6.19. The van der Waals surface area contributed by atoms with Crippen molar-refractivity contribution >= 4 is 11.6 Å². The van der Waals surface area contributed by atoms with E-state index in [0.717, 1.165) is 19.4 Å². The second-order valence-electron chi connectivity index (χ2n) is 4.46. The zero-order valence-corrected chi connectivity index (χ0v) is 10.3. The molecule has 1 amide bonds. The number of hydrogen-bond acceptors (Lipinski definition) is 4. The van der Waals surface area contributed by atoms with Gasteiger partial charge in [0.25, 0.3) is 0 Å². The molecule has 0 radical (unpaired) electrons. The van der Waals surface area contributed by atoms with Crippen LogP contribution in [0.2, 0.25) is 0 Å². The zero-order valence-electron chi connectivity index (χ0n) is 10.3. The van der Waals surface area contributed by atoms with Crippen molar-refractivity contribution in [3.05, 3.63) is 24.3 Å². The van der Waals surface area contributed by atoms with Crippen molar-refractivity contribution in [2.45, 2.75) is 18.9 Å². The van der Waals surface area contributed by atoms with Gasteiger partial charge in [0.2, 0.25) is 5.91 Å². The predicted octanol–water partition coefficient (Wildman–Crippen LogP) is 0.597. The van der Waals surface area contributed by atoms with E-state index in [0.29, 0.717) is 18.0 Å². The summed E-state index contributed by atoms with van der Waals surface area (Å²) < 4.78 is 5.85. The van der Waals surface area contributed by atoms with Crippen molar-refractivity contribution in [3.63, 3.8) is 0 Å². The standard InChI is InChI=1S/C13H19N3O2/c14-8-13(17)16-7-3-4-10(9-16)18-12-6-2-1-5-11(12)15/h1-2,5-6,10H,3-4,7-9,14-15H2. The van der Waals surface area contributed by atoms with Crippen LogP contribution in [0.4, 0.5) is 5.69 Å². The van der Waals surface area contributed by atoms with E-state index >= 15 is 0 Å². The van der Waals surface area contributed by atoms with E-state index in [1.165, 1.54) is 0 Å². The fourth-order valence-electron chi connectivity index (χ4n) is 2.16. The monoisotopic (exact) mass is 249 g/mol. The summed E-state index contributed by atoms with van der Waals surface area (Å²) in [5, 5.41) is 0. The first kappa shape index (κ1) is 12.7. The topological polar surface area (TPSA) is 81.6 Å². The van der Waals surface area contributed by atoms with Crippen LogP contribution in [0.1, 0.15) is 12.8 Å². The first-order chi connectivity index (χ1) is 8.70. The van der Waals surface area contributed by atoms with Crippen LogP contribution in [0.25, 0.3) is 0 Å². The van der Waals surface area contributed by atoms with Gasteiger partial charge in [0.1, 0.15) is 11.9 Å². The van der Waals surface area contributed by atoms with E-state index in [1.807, 2.05) is 18.2 Å². The molecule has 1 unspecified atom stereocenters. The molecule has 0 spiro atoms. The molecule has 1 aliphatic rings. The Morgan fingerprint density at radius 2 is 2.22 bits per heavy atom. The van der Waals surface area contributed by atoms with Gasteiger partial charge in [0.05, 0.1) is 18.8 Å². The molecule has 2 rings (SSSR count). The highest BCUT2D eigenvalue weighted by molar-refractivity contribution is 5.78. The van der Waals surface area contributed by atoms with Gasteiger partial charge < -0.3 is 21.1 Å². The lowest BCUT2D eigenvalue weighted by Crippen LogP contribution is -2.46. The van der Waals surface area contributed by atoms with Crippen molar-refractivity contribution in [2.75, 3.05) is 25.4 Å². The van der Waals surface area contributed by atoms with Crippen LogP contribution in [-0.2, 0) is 4.79 Å². The number of carbonyl (C=O) groups excluding carboxylic acids is 1. The summed E-state index contributed by atoms with van der Waals surface area (Å²) in [6, 6.07) is 7.41. The number of rotatable bonds is 3. The third-order valence-corrected chi connectivity index (χ3v) is 3.12. The van der Waals surface area contributed by atoms with Crippen molar-refractivity contribution in [3.8, 4) is 5.75 Å². The van der Waals surface area contributed by atoms with Crippen LogP contribution in [0.3, 0.4) is 0 Å². The minimum Gasteiger partial charge on any atom is -0.486 e. The summed E-state index contributed by atoms with van der Waals surface area (Å²) in [4.78, 5) is 13.3. The molecule has 1 atom stereocenters. The van der Waals surface area contributed by atoms with Crippen LogP contribution in [0, 0.1) is 0 Å². The predicted molar refractivity (Wildman–Crippen MR) is 70.1 cm³/mol. The van der Waals surface area contributed by atoms with Crippen molar-refractivity contribution in [1.29, 1.82) is 0 Å². The Bertz CT molecular complexity index is 422. The Balaban J connectivity index is 1.98. The summed E-state index contributed by atoms with van der Waals surface area (Å²) in [7, 11) is 0. The zero-order chi connectivity index (χ0) is 13.0. The molecule has 1 aromatic carbocycles. The quantitative estimate of drug-likeness (QED) is 0.768. The van der Waals surface area contributed by atoms with Crippen LogP contribution in [0.15, 0.2) is 24.3 Å². The second kappa shape index (κ2) is 5.73. The lowest BCUT2D eigenvalue weighted by Gasteiger charge is -2.32. The molecule has 5 nitrogen and oxygen atoms in total. The number of likely N-dealkylation sites (tertiary alicyclic amines) is 1. The molecule has 1 saturated heterocycles. The van der Waals surface area contributed by atoms with E-state index in [1.54, 1.807) is 11.0 Å². The number of nitrogens with two attached hydrogens (primary N) is 2. The lowest BCUT2D eigenvalue weighted by molar-refractivity contribution is -0.132. The number of ether oxygens (including phenoxy) is 1. The molecule has 18 heavy (non-hydrogen) atoms. The molecule has 1 aliphatic heterocycles. The number of amides is 1. The molecule has 1 fully saturated rings. The molecule has 0 aromatic heterocycles. The Morgan fingerprint density at radius 1 is 1.44 bits per heavy atom. The summed E-state index contributed by atoms with van der Waals surface area (Å²) >= 11 is 0. The van der Waals surface area contributed by atoms with Gasteiger partial charge in [0, 0.05) is 6.54 Å². The summed E-state index contributed by atoms with van der Waals surface area (Å²) in [6.07, 6.45) is 1.87. The minimum atomic E-state index is -0.0238. The van der Waals surface area contributed by atoms with E-state index in [-0.39, 0.29) is 18.6 Å². The summed E-state index contributed by atoms with van der Waals surface area (Å²) in [6.45, 7) is 1.41. The van der Waals surface area contributed by atoms with Gasteiger partial charge in [-0.25, -0.2) is 0 Å². The van der Waals surface area contributed by atoms with Gasteiger partial charge in [-0.3, -0.25) is 4.79 Å². The molecule has 1 aromatic rings. The Hall–Kier alpha value is -1.75. The molecular formula is C13H19N3O2. The fourth-order valence-corrected chi connectivity index (χ4v) is 2.16. The van der Waals surface area contributed by atoms with Gasteiger partial charge >= 0.3 is 0 Å². The van der Waals surface area contributed by atoms with Gasteiger partial charge in [-0.1, -0.05) is 12.1 Å². The molecule has 0 aliphatic carbocycles.